The lowest BCUT2D eigenvalue weighted by Crippen LogP contribution is -2.50. The number of aromatic nitrogens is 2. The van der Waals surface area contributed by atoms with Crippen molar-refractivity contribution in [2.75, 3.05) is 66.2 Å². The highest BCUT2D eigenvalue weighted by Gasteiger charge is 2.29. The second-order valence-corrected chi connectivity index (χ2v) is 12.3. The molecule has 4 heterocycles. The summed E-state index contributed by atoms with van der Waals surface area (Å²) in [5, 5.41) is 3.03. The summed E-state index contributed by atoms with van der Waals surface area (Å²) in [6.45, 7) is 8.05. The number of piperidine rings is 1. The maximum Gasteiger partial charge on any atom is 0.328 e. The van der Waals surface area contributed by atoms with E-state index in [1.54, 1.807) is 11.1 Å². The van der Waals surface area contributed by atoms with Crippen LogP contribution in [0.25, 0.3) is 11.3 Å². The Labute approximate surface area is 256 Å². The first-order chi connectivity index (χ1) is 20.7. The van der Waals surface area contributed by atoms with Crippen molar-refractivity contribution >= 4 is 46.5 Å². The Balaban J connectivity index is 1.12. The first-order valence-electron chi connectivity index (χ1n) is 14.8. The van der Waals surface area contributed by atoms with Gasteiger partial charge in [0.2, 0.25) is 5.91 Å². The molecule has 0 atom stereocenters. The van der Waals surface area contributed by atoms with Crippen LogP contribution in [0, 0.1) is 0 Å². The number of hydrogen-bond donors (Lipinski definition) is 3. The normalized spacial score (nSPS) is 19.5. The standard InChI is InChI=1S/C31H38ClN9O2/c1-31(34)10-13-40(14-11-31)25-19-35-28(29(33)36-25)22-6-4-8-24(27(22)32)39-17-15-38(16-18-39)20-21-5-2-3-7-23(21)41-12-9-26(42)37-30(41)43/h2-8,19H,9-18,20,34H2,1H3,(H2,33,36)(H,37,42,43). The molecule has 3 aromatic rings. The van der Waals surface area contributed by atoms with Gasteiger partial charge in [-0.1, -0.05) is 41.9 Å². The number of piperazine rings is 1. The lowest BCUT2D eigenvalue weighted by molar-refractivity contribution is -0.120. The lowest BCUT2D eigenvalue weighted by atomic mass is 9.91. The molecule has 226 valence electrons. The molecule has 0 bridgehead atoms. The zero-order valence-electron chi connectivity index (χ0n) is 24.4. The van der Waals surface area contributed by atoms with Crippen molar-refractivity contribution < 1.29 is 9.59 Å². The van der Waals surface area contributed by atoms with E-state index in [2.05, 4.69) is 31.9 Å². The summed E-state index contributed by atoms with van der Waals surface area (Å²) in [6.07, 6.45) is 3.85. The Morgan fingerprint density at radius 1 is 0.930 bits per heavy atom. The van der Waals surface area contributed by atoms with Gasteiger partial charge in [0.15, 0.2) is 5.82 Å². The van der Waals surface area contributed by atoms with Gasteiger partial charge in [-0.05, 0) is 37.5 Å². The van der Waals surface area contributed by atoms with Gasteiger partial charge in [-0.2, -0.15) is 0 Å². The van der Waals surface area contributed by atoms with Crippen LogP contribution in [-0.2, 0) is 11.3 Å². The average Bonchev–Trinajstić information content (AvgIpc) is 2.99. The summed E-state index contributed by atoms with van der Waals surface area (Å²) in [5.74, 6) is 0.880. The average molecular weight is 604 g/mol. The molecule has 3 fully saturated rings. The van der Waals surface area contributed by atoms with Crippen LogP contribution in [0.15, 0.2) is 48.7 Å². The monoisotopic (exact) mass is 603 g/mol. The number of carbonyl (C=O) groups is 2. The maximum absolute atomic E-state index is 12.5. The van der Waals surface area contributed by atoms with E-state index in [0.717, 1.165) is 80.4 Å². The van der Waals surface area contributed by atoms with Gasteiger partial charge in [-0.3, -0.25) is 19.9 Å². The topological polar surface area (TPSA) is 137 Å². The van der Waals surface area contributed by atoms with Gasteiger partial charge in [0, 0.05) is 75.6 Å². The molecular weight excluding hydrogens is 566 g/mol. The molecule has 0 aliphatic carbocycles. The molecule has 0 unspecified atom stereocenters. The van der Waals surface area contributed by atoms with Gasteiger partial charge in [0.05, 0.1) is 16.9 Å². The van der Waals surface area contributed by atoms with Gasteiger partial charge in [0.25, 0.3) is 0 Å². The Kier molecular flexibility index (Phi) is 8.13. The van der Waals surface area contributed by atoms with E-state index in [9.17, 15) is 9.59 Å². The SMILES string of the molecule is CC1(N)CCN(c2cnc(-c3cccc(N4CCN(Cc5ccccc5N5CCC(=O)NC5=O)CC4)c3Cl)c(N)n2)CC1. The number of amides is 3. The van der Waals surface area contributed by atoms with Crippen LogP contribution in [0.5, 0.6) is 0 Å². The predicted octanol–water partition coefficient (Wildman–Crippen LogP) is 3.47. The van der Waals surface area contributed by atoms with Crippen LogP contribution in [0.3, 0.4) is 0 Å². The minimum absolute atomic E-state index is 0.146. The minimum atomic E-state index is -0.367. The summed E-state index contributed by atoms with van der Waals surface area (Å²) in [4.78, 5) is 42.0. The van der Waals surface area contributed by atoms with Crippen LogP contribution in [0.1, 0.15) is 31.7 Å². The van der Waals surface area contributed by atoms with E-state index in [-0.39, 0.29) is 17.5 Å². The third-order valence-electron chi connectivity index (χ3n) is 8.69. The molecule has 3 aliphatic rings. The minimum Gasteiger partial charge on any atom is -0.382 e. The van der Waals surface area contributed by atoms with E-state index >= 15 is 0 Å². The summed E-state index contributed by atoms with van der Waals surface area (Å²) in [5.41, 5.74) is 16.8. The highest BCUT2D eigenvalue weighted by Crippen LogP contribution is 2.38. The molecule has 43 heavy (non-hydrogen) atoms. The fourth-order valence-electron chi connectivity index (χ4n) is 6.04. The number of benzene rings is 2. The number of anilines is 4. The van der Waals surface area contributed by atoms with E-state index in [1.807, 2.05) is 42.5 Å². The van der Waals surface area contributed by atoms with Crippen molar-refractivity contribution in [1.82, 2.24) is 20.2 Å². The fraction of sp³-hybridized carbons (Fsp3) is 0.419. The predicted molar refractivity (Wildman–Crippen MR) is 170 cm³/mol. The summed E-state index contributed by atoms with van der Waals surface area (Å²) in [7, 11) is 0. The smallest absolute Gasteiger partial charge is 0.328 e. The molecule has 12 heteroatoms. The second-order valence-electron chi connectivity index (χ2n) is 11.9. The van der Waals surface area contributed by atoms with Crippen LogP contribution in [-0.4, -0.2) is 78.2 Å². The molecule has 3 saturated heterocycles. The number of rotatable bonds is 6. The first-order valence-corrected chi connectivity index (χ1v) is 15.2. The van der Waals surface area contributed by atoms with Gasteiger partial charge >= 0.3 is 6.03 Å². The van der Waals surface area contributed by atoms with Gasteiger partial charge in [-0.25, -0.2) is 14.8 Å². The third-order valence-corrected chi connectivity index (χ3v) is 9.09. The van der Waals surface area contributed by atoms with Gasteiger partial charge in [0.1, 0.15) is 11.5 Å². The zero-order valence-corrected chi connectivity index (χ0v) is 25.2. The van der Waals surface area contributed by atoms with E-state index in [1.165, 1.54) is 0 Å². The molecule has 11 nitrogen and oxygen atoms in total. The number of imide groups is 1. The van der Waals surface area contributed by atoms with Crippen molar-refractivity contribution in [3.05, 3.63) is 59.2 Å². The Morgan fingerprint density at radius 2 is 1.65 bits per heavy atom. The molecule has 3 amide bonds. The Morgan fingerprint density at radius 3 is 2.37 bits per heavy atom. The summed E-state index contributed by atoms with van der Waals surface area (Å²) >= 11 is 7.00. The molecule has 2 aromatic carbocycles. The first kappa shape index (κ1) is 29.2. The number of nitrogens with zero attached hydrogens (tertiary/aromatic N) is 6. The van der Waals surface area contributed by atoms with Crippen LogP contribution in [0.2, 0.25) is 5.02 Å². The maximum atomic E-state index is 12.5. The van der Waals surface area contributed by atoms with Crippen LogP contribution in [0.4, 0.5) is 27.8 Å². The molecule has 0 saturated carbocycles. The molecule has 5 N–H and O–H groups in total. The Hall–Kier alpha value is -3.93. The van der Waals surface area contributed by atoms with E-state index in [0.29, 0.717) is 36.0 Å². The largest absolute Gasteiger partial charge is 0.382 e. The van der Waals surface area contributed by atoms with Crippen molar-refractivity contribution in [2.24, 2.45) is 5.73 Å². The number of nitrogens with one attached hydrogen (secondary N) is 1. The molecule has 0 spiro atoms. The number of nitrogen functional groups attached to an aromatic ring is 1. The van der Waals surface area contributed by atoms with Gasteiger partial charge in [-0.15, -0.1) is 0 Å². The lowest BCUT2D eigenvalue weighted by Gasteiger charge is -2.37. The van der Waals surface area contributed by atoms with Crippen molar-refractivity contribution in [2.45, 2.75) is 38.3 Å². The number of nitrogens with two attached hydrogens (primary N) is 2. The van der Waals surface area contributed by atoms with Gasteiger partial charge < -0.3 is 21.3 Å². The molecule has 6 rings (SSSR count). The summed E-state index contributed by atoms with van der Waals surface area (Å²) in [6, 6.07) is 13.5. The molecule has 3 aliphatic heterocycles. The Bertz CT molecular complexity index is 1510. The number of para-hydroxylation sites is 1. The molecule has 1 aromatic heterocycles. The summed E-state index contributed by atoms with van der Waals surface area (Å²) < 4.78 is 0. The quantitative estimate of drug-likeness (QED) is 0.387. The van der Waals surface area contributed by atoms with E-state index in [4.69, 9.17) is 28.1 Å². The number of carbonyl (C=O) groups excluding carboxylic acids is 2. The van der Waals surface area contributed by atoms with Crippen molar-refractivity contribution in [3.63, 3.8) is 0 Å². The zero-order chi connectivity index (χ0) is 30.1. The highest BCUT2D eigenvalue weighted by atomic mass is 35.5. The van der Waals surface area contributed by atoms with Crippen LogP contribution >= 0.6 is 11.6 Å². The third kappa shape index (κ3) is 6.24. The van der Waals surface area contributed by atoms with Crippen LogP contribution < -0.4 is 31.5 Å². The highest BCUT2D eigenvalue weighted by molar-refractivity contribution is 6.36. The van der Waals surface area contributed by atoms with Crippen molar-refractivity contribution in [3.8, 4) is 11.3 Å². The number of halogens is 1. The second kappa shape index (κ2) is 12.0. The molecular formula is C31H38ClN9O2. The molecule has 0 radical (unpaired) electrons. The van der Waals surface area contributed by atoms with E-state index < -0.39 is 0 Å². The number of hydrogen-bond acceptors (Lipinski definition) is 9. The van der Waals surface area contributed by atoms with Crippen molar-refractivity contribution in [1.29, 1.82) is 0 Å². The number of urea groups is 1. The fourth-order valence-corrected chi connectivity index (χ4v) is 6.37.